The Balaban J connectivity index is 1.46. The molecule has 0 spiro atoms. The summed E-state index contributed by atoms with van der Waals surface area (Å²) in [4.78, 5) is 31.8. The van der Waals surface area contributed by atoms with Crippen LogP contribution in [0.1, 0.15) is 35.0 Å². The molecule has 0 aliphatic carbocycles. The van der Waals surface area contributed by atoms with Crippen LogP contribution >= 0.6 is 22.7 Å². The Labute approximate surface area is 165 Å². The van der Waals surface area contributed by atoms with Gasteiger partial charge in [-0.2, -0.15) is 0 Å². The maximum atomic E-state index is 12.7. The van der Waals surface area contributed by atoms with Gasteiger partial charge in [0.15, 0.2) is 5.13 Å². The fourth-order valence-corrected chi connectivity index (χ4v) is 4.82. The van der Waals surface area contributed by atoms with Gasteiger partial charge in [0, 0.05) is 23.2 Å². The third-order valence-electron chi connectivity index (χ3n) is 4.45. The molecule has 0 radical (unpaired) electrons. The molecule has 2 aromatic heterocycles. The molecule has 1 atom stereocenters. The molecular weight excluding hydrogens is 378 g/mol. The van der Waals surface area contributed by atoms with Crippen molar-refractivity contribution in [3.8, 4) is 0 Å². The fourth-order valence-electron chi connectivity index (χ4n) is 3.15. The number of nitrogens with zero attached hydrogens (tertiary/aromatic N) is 2. The third kappa shape index (κ3) is 4.09. The number of nitrogens with one attached hydrogen (secondary N) is 1. The number of aromatic nitrogens is 1. The summed E-state index contributed by atoms with van der Waals surface area (Å²) in [6.45, 7) is 0.715. The second-order valence-electron chi connectivity index (χ2n) is 6.37. The van der Waals surface area contributed by atoms with Crippen molar-refractivity contribution in [2.45, 2.75) is 25.3 Å². The van der Waals surface area contributed by atoms with Crippen molar-refractivity contribution >= 4 is 39.6 Å². The summed E-state index contributed by atoms with van der Waals surface area (Å²) in [5.41, 5.74) is 1.75. The zero-order chi connectivity index (χ0) is 18.6. The lowest BCUT2D eigenvalue weighted by Gasteiger charge is -2.18. The maximum absolute atomic E-state index is 12.7. The number of rotatable bonds is 6. The minimum absolute atomic E-state index is 0.0816. The van der Waals surface area contributed by atoms with Crippen molar-refractivity contribution in [1.29, 1.82) is 0 Å². The van der Waals surface area contributed by atoms with E-state index < -0.39 is 0 Å². The van der Waals surface area contributed by atoms with E-state index in [1.807, 2.05) is 53.2 Å². The fraction of sp³-hybridized carbons (Fsp3) is 0.250. The van der Waals surface area contributed by atoms with Crippen LogP contribution in [0.5, 0.6) is 0 Å². The Morgan fingerprint density at radius 2 is 2.04 bits per heavy atom. The first kappa shape index (κ1) is 17.9. The summed E-state index contributed by atoms with van der Waals surface area (Å²) in [6.07, 6.45) is 1.65. The van der Waals surface area contributed by atoms with Crippen LogP contribution in [-0.4, -0.2) is 23.3 Å². The Bertz CT molecular complexity index is 922. The number of hydrogen-bond donors (Lipinski definition) is 1. The number of benzene rings is 1. The number of amides is 2. The maximum Gasteiger partial charge on any atom is 0.228 e. The summed E-state index contributed by atoms with van der Waals surface area (Å²) < 4.78 is 0. The second kappa shape index (κ2) is 8.02. The summed E-state index contributed by atoms with van der Waals surface area (Å²) >= 11 is 3.04. The molecule has 0 bridgehead atoms. The molecule has 1 unspecified atom stereocenters. The summed E-state index contributed by atoms with van der Waals surface area (Å²) in [6, 6.07) is 13.8. The molecule has 1 aromatic carbocycles. The Hall–Kier alpha value is -2.51. The molecule has 1 aliphatic heterocycles. The number of thiophene rings is 1. The minimum Gasteiger partial charge on any atom is -0.344 e. The number of carbonyl (C=O) groups is 2. The number of anilines is 1. The minimum atomic E-state index is -0.169. The number of hydrogen-bond acceptors (Lipinski definition) is 5. The van der Waals surface area contributed by atoms with Gasteiger partial charge in [0.05, 0.1) is 18.2 Å². The average molecular weight is 398 g/mol. The van der Waals surface area contributed by atoms with Crippen molar-refractivity contribution in [1.82, 2.24) is 10.3 Å². The van der Waals surface area contributed by atoms with Crippen molar-refractivity contribution in [3.63, 3.8) is 0 Å². The highest BCUT2D eigenvalue weighted by Crippen LogP contribution is 2.27. The first-order chi connectivity index (χ1) is 13.2. The summed E-state index contributed by atoms with van der Waals surface area (Å²) in [5, 5.41) is 7.70. The van der Waals surface area contributed by atoms with Crippen LogP contribution in [-0.2, 0) is 16.0 Å². The van der Waals surface area contributed by atoms with E-state index in [0.717, 1.165) is 16.9 Å². The normalized spacial score (nSPS) is 15.1. The Morgan fingerprint density at radius 3 is 2.74 bits per heavy atom. The lowest BCUT2D eigenvalue weighted by atomic mass is 10.1. The monoisotopic (exact) mass is 397 g/mol. The smallest absolute Gasteiger partial charge is 0.228 e. The summed E-state index contributed by atoms with van der Waals surface area (Å²) in [7, 11) is 0. The van der Waals surface area contributed by atoms with Crippen LogP contribution in [0.4, 0.5) is 5.13 Å². The molecule has 2 amide bonds. The van der Waals surface area contributed by atoms with E-state index in [4.69, 9.17) is 0 Å². The molecule has 1 saturated heterocycles. The molecule has 0 saturated carbocycles. The van der Waals surface area contributed by atoms with E-state index in [2.05, 4.69) is 10.3 Å². The summed E-state index contributed by atoms with van der Waals surface area (Å²) in [5.74, 6) is 0.0315. The molecule has 1 N–H and O–H groups in total. The lowest BCUT2D eigenvalue weighted by Crippen LogP contribution is -2.30. The van der Waals surface area contributed by atoms with Gasteiger partial charge in [-0.3, -0.25) is 14.5 Å². The highest BCUT2D eigenvalue weighted by molar-refractivity contribution is 7.14. The van der Waals surface area contributed by atoms with Gasteiger partial charge >= 0.3 is 0 Å². The van der Waals surface area contributed by atoms with Gasteiger partial charge in [0.1, 0.15) is 0 Å². The molecule has 1 fully saturated rings. The van der Waals surface area contributed by atoms with Gasteiger partial charge in [0.2, 0.25) is 11.8 Å². The largest absolute Gasteiger partial charge is 0.344 e. The van der Waals surface area contributed by atoms with Crippen molar-refractivity contribution in [2.24, 2.45) is 0 Å². The topological polar surface area (TPSA) is 62.3 Å². The second-order valence-corrected chi connectivity index (χ2v) is 8.19. The predicted molar refractivity (Wildman–Crippen MR) is 108 cm³/mol. The zero-order valence-corrected chi connectivity index (χ0v) is 16.3. The molecule has 4 rings (SSSR count). The number of thiazole rings is 1. The van der Waals surface area contributed by atoms with Crippen LogP contribution in [0, 0.1) is 0 Å². The molecule has 1 aliphatic rings. The van der Waals surface area contributed by atoms with Gasteiger partial charge in [-0.25, -0.2) is 4.98 Å². The van der Waals surface area contributed by atoms with E-state index in [1.54, 1.807) is 16.2 Å². The SMILES string of the molecule is O=C(Cc1csc(N2CCCC2=O)n1)NC(c1ccccc1)c1cccs1. The highest BCUT2D eigenvalue weighted by atomic mass is 32.1. The van der Waals surface area contributed by atoms with Gasteiger partial charge in [-0.05, 0) is 23.4 Å². The van der Waals surface area contributed by atoms with Crippen molar-refractivity contribution in [3.05, 3.63) is 69.4 Å². The molecule has 3 aromatic rings. The first-order valence-electron chi connectivity index (χ1n) is 8.83. The van der Waals surface area contributed by atoms with E-state index in [0.29, 0.717) is 23.8 Å². The van der Waals surface area contributed by atoms with Crippen molar-refractivity contribution < 1.29 is 9.59 Å². The van der Waals surface area contributed by atoms with Crippen LogP contribution < -0.4 is 10.2 Å². The van der Waals surface area contributed by atoms with E-state index in [9.17, 15) is 9.59 Å². The molecule has 138 valence electrons. The van der Waals surface area contributed by atoms with E-state index in [1.165, 1.54) is 11.3 Å². The first-order valence-corrected chi connectivity index (χ1v) is 10.6. The van der Waals surface area contributed by atoms with Crippen LogP contribution in [0.3, 0.4) is 0 Å². The standard InChI is InChI=1S/C20H19N3O2S2/c24-17(12-15-13-27-20(21-15)23-10-4-9-18(23)25)22-19(16-8-5-11-26-16)14-6-2-1-3-7-14/h1-3,5-8,11,13,19H,4,9-10,12H2,(H,22,24). The van der Waals surface area contributed by atoms with Crippen LogP contribution in [0.2, 0.25) is 0 Å². The molecule has 7 heteroatoms. The predicted octanol–water partition coefficient (Wildman–Crippen LogP) is 3.78. The number of carbonyl (C=O) groups excluding carboxylic acids is 2. The Kier molecular flexibility index (Phi) is 5.31. The third-order valence-corrected chi connectivity index (χ3v) is 6.30. The lowest BCUT2D eigenvalue weighted by molar-refractivity contribution is -0.121. The average Bonchev–Trinajstić information content (AvgIpc) is 3.42. The van der Waals surface area contributed by atoms with Crippen molar-refractivity contribution in [2.75, 3.05) is 11.4 Å². The van der Waals surface area contributed by atoms with Gasteiger partial charge < -0.3 is 5.32 Å². The van der Waals surface area contributed by atoms with Gasteiger partial charge in [0.25, 0.3) is 0 Å². The van der Waals surface area contributed by atoms with Crippen LogP contribution in [0.15, 0.2) is 53.2 Å². The highest BCUT2D eigenvalue weighted by Gasteiger charge is 2.25. The zero-order valence-electron chi connectivity index (χ0n) is 14.6. The van der Waals surface area contributed by atoms with E-state index in [-0.39, 0.29) is 24.3 Å². The van der Waals surface area contributed by atoms with Gasteiger partial charge in [-0.1, -0.05) is 36.4 Å². The molecule has 27 heavy (non-hydrogen) atoms. The van der Waals surface area contributed by atoms with Crippen LogP contribution in [0.25, 0.3) is 0 Å². The quantitative estimate of drug-likeness (QED) is 0.689. The van der Waals surface area contributed by atoms with Gasteiger partial charge in [-0.15, -0.1) is 22.7 Å². The molecule has 3 heterocycles. The Morgan fingerprint density at radius 1 is 1.19 bits per heavy atom. The van der Waals surface area contributed by atoms with E-state index >= 15 is 0 Å². The molecular formula is C20H19N3O2S2. The molecule has 5 nitrogen and oxygen atoms in total.